The van der Waals surface area contributed by atoms with Crippen LogP contribution in [-0.2, 0) is 30.7 Å². The summed E-state index contributed by atoms with van der Waals surface area (Å²) in [6.45, 7) is 0.631. The Morgan fingerprint density at radius 3 is 2.57 bits per heavy atom. The number of nitrogens with one attached hydrogen (secondary N) is 1. The molecule has 5 aromatic rings. The molecule has 0 radical (unpaired) electrons. The molecule has 3 heterocycles. The number of pyridine rings is 1. The van der Waals surface area contributed by atoms with Crippen molar-refractivity contribution in [2.24, 2.45) is 7.05 Å². The van der Waals surface area contributed by atoms with Gasteiger partial charge in [-0.3, -0.25) is 19.1 Å². The predicted molar refractivity (Wildman–Crippen MR) is 149 cm³/mol. The highest BCUT2D eigenvalue weighted by Gasteiger charge is 2.50. The van der Waals surface area contributed by atoms with Crippen LogP contribution < -0.4 is 5.32 Å². The molecule has 1 N–H and O–H groups in total. The van der Waals surface area contributed by atoms with Crippen molar-refractivity contribution < 1.29 is 31.1 Å². The van der Waals surface area contributed by atoms with Gasteiger partial charge in [0.25, 0.3) is 12.3 Å². The summed E-state index contributed by atoms with van der Waals surface area (Å²) in [6.07, 6.45) is -0.698. The van der Waals surface area contributed by atoms with Gasteiger partial charge in [0.15, 0.2) is 0 Å². The molecule has 6 rings (SSSR count). The quantitative estimate of drug-likeness (QED) is 0.197. The summed E-state index contributed by atoms with van der Waals surface area (Å²) in [7, 11) is 1.79. The number of carbonyl (C=O) groups excluding carboxylic acids is 1. The lowest BCUT2D eigenvalue weighted by Crippen LogP contribution is -2.35. The number of hydrogen-bond acceptors (Lipinski definition) is 4. The van der Waals surface area contributed by atoms with E-state index in [2.05, 4.69) is 20.5 Å². The van der Waals surface area contributed by atoms with Crippen LogP contribution in [0.1, 0.15) is 59.9 Å². The number of aryl methyl sites for hydroxylation is 1. The molecular weight excluding hydrogens is 586 g/mol. The van der Waals surface area contributed by atoms with Crippen molar-refractivity contribution in [3.63, 3.8) is 0 Å². The summed E-state index contributed by atoms with van der Waals surface area (Å²) in [5.41, 5.74) is 0.942. The summed E-state index contributed by atoms with van der Waals surface area (Å²) in [4.78, 5) is 17.9. The average molecular weight is 613 g/mol. The van der Waals surface area contributed by atoms with Crippen LogP contribution >= 0.6 is 0 Å². The zero-order valence-corrected chi connectivity index (χ0v) is 23.5. The van der Waals surface area contributed by atoms with Gasteiger partial charge in [0.2, 0.25) is 5.91 Å². The number of hydrogen-bond donors (Lipinski definition) is 1. The Morgan fingerprint density at radius 1 is 1.09 bits per heavy atom. The largest absolute Gasteiger partial charge is 0.346 e. The molecule has 228 valence electrons. The van der Waals surface area contributed by atoms with Crippen molar-refractivity contribution >= 4 is 16.8 Å². The molecule has 0 aliphatic heterocycles. The van der Waals surface area contributed by atoms with Crippen LogP contribution in [0.3, 0.4) is 0 Å². The lowest BCUT2D eigenvalue weighted by atomic mass is 9.95. The minimum Gasteiger partial charge on any atom is -0.346 e. The third-order valence-electron chi connectivity index (χ3n) is 7.85. The van der Waals surface area contributed by atoms with Gasteiger partial charge in [-0.1, -0.05) is 25.1 Å². The predicted octanol–water partition coefficient (Wildman–Crippen LogP) is 6.75. The van der Waals surface area contributed by atoms with E-state index in [0.29, 0.717) is 27.6 Å². The molecule has 0 saturated heterocycles. The molecule has 7 nitrogen and oxygen atoms in total. The highest BCUT2D eigenvalue weighted by Crippen LogP contribution is 2.50. The second-order valence-corrected chi connectivity index (χ2v) is 11.0. The standard InChI is InChI=1S/C31H26F6N6O/c1-16-13-31(36,37)29-26(16)28(30(34)35)41-43(29)15-25(44)40-23(10-17-8-20(32)12-21(33)9-17)27-22(4-3-7-38-27)18-5-6-19-14-39-42(2)24(19)11-18/h3-9,11-12,14,16,23,30H,10,13,15H2,1-2H3,(H,40,44). The monoisotopic (exact) mass is 612 g/mol. The van der Waals surface area contributed by atoms with Crippen molar-refractivity contribution in [3.8, 4) is 11.1 Å². The van der Waals surface area contributed by atoms with E-state index in [-0.39, 0.29) is 17.5 Å². The van der Waals surface area contributed by atoms with Crippen LogP contribution in [0.2, 0.25) is 0 Å². The van der Waals surface area contributed by atoms with E-state index < -0.39 is 66.2 Å². The minimum atomic E-state index is -3.45. The first-order chi connectivity index (χ1) is 20.9. The molecule has 0 spiro atoms. The minimum absolute atomic E-state index is 0.120. The van der Waals surface area contributed by atoms with E-state index in [1.165, 1.54) is 13.1 Å². The van der Waals surface area contributed by atoms with E-state index in [9.17, 15) is 31.1 Å². The summed E-state index contributed by atoms with van der Waals surface area (Å²) < 4.78 is 87.9. The number of alkyl halides is 4. The number of nitrogens with zero attached hydrogens (tertiary/aromatic N) is 5. The summed E-state index contributed by atoms with van der Waals surface area (Å²) in [5, 5.41) is 11.6. The molecule has 2 unspecified atom stereocenters. The van der Waals surface area contributed by atoms with Gasteiger partial charge in [0.1, 0.15) is 29.6 Å². The fourth-order valence-electron chi connectivity index (χ4n) is 6.03. The molecule has 2 aromatic carbocycles. The van der Waals surface area contributed by atoms with E-state index in [4.69, 9.17) is 0 Å². The van der Waals surface area contributed by atoms with E-state index in [1.54, 1.807) is 30.1 Å². The molecule has 44 heavy (non-hydrogen) atoms. The third kappa shape index (κ3) is 5.42. The average Bonchev–Trinajstić information content (AvgIpc) is 3.60. The van der Waals surface area contributed by atoms with Gasteiger partial charge in [0, 0.05) is 42.2 Å². The number of rotatable bonds is 8. The first-order valence-electron chi connectivity index (χ1n) is 13.8. The number of aromatic nitrogens is 5. The third-order valence-corrected chi connectivity index (χ3v) is 7.85. The topological polar surface area (TPSA) is 77.6 Å². The highest BCUT2D eigenvalue weighted by atomic mass is 19.3. The smallest absolute Gasteiger partial charge is 0.290 e. The van der Waals surface area contributed by atoms with Crippen LogP contribution in [0.25, 0.3) is 22.0 Å². The van der Waals surface area contributed by atoms with Crippen LogP contribution in [0.4, 0.5) is 26.3 Å². The first kappa shape index (κ1) is 29.4. The molecule has 1 aliphatic rings. The fourth-order valence-corrected chi connectivity index (χ4v) is 6.03. The molecule has 3 aromatic heterocycles. The number of benzene rings is 2. The number of amides is 1. The number of fused-ring (bicyclic) bond motifs is 2. The van der Waals surface area contributed by atoms with E-state index in [0.717, 1.165) is 23.0 Å². The summed E-state index contributed by atoms with van der Waals surface area (Å²) in [6, 6.07) is 11.0. The Balaban J connectivity index is 1.38. The van der Waals surface area contributed by atoms with Crippen molar-refractivity contribution in [1.29, 1.82) is 0 Å². The van der Waals surface area contributed by atoms with Crippen LogP contribution in [0.15, 0.2) is 60.9 Å². The molecule has 1 aliphatic carbocycles. The second kappa shape index (κ2) is 11.1. The van der Waals surface area contributed by atoms with Gasteiger partial charge < -0.3 is 5.32 Å². The summed E-state index contributed by atoms with van der Waals surface area (Å²) in [5.74, 6) is -6.80. The highest BCUT2D eigenvalue weighted by molar-refractivity contribution is 5.85. The summed E-state index contributed by atoms with van der Waals surface area (Å²) >= 11 is 0. The molecule has 0 saturated carbocycles. The van der Waals surface area contributed by atoms with E-state index >= 15 is 0 Å². The lowest BCUT2D eigenvalue weighted by Gasteiger charge is -2.22. The Labute approximate surface area is 247 Å². The van der Waals surface area contributed by atoms with Crippen molar-refractivity contribution in [1.82, 2.24) is 29.9 Å². The Kier molecular flexibility index (Phi) is 7.42. The molecule has 0 bridgehead atoms. The molecule has 2 atom stereocenters. The molecule has 13 heteroatoms. The number of halogens is 6. The maximum atomic E-state index is 14.9. The van der Waals surface area contributed by atoms with E-state index in [1.807, 2.05) is 18.2 Å². The van der Waals surface area contributed by atoms with Gasteiger partial charge in [0.05, 0.1) is 23.4 Å². The van der Waals surface area contributed by atoms with Crippen molar-refractivity contribution in [2.45, 2.75) is 50.6 Å². The normalized spacial score (nSPS) is 16.4. The van der Waals surface area contributed by atoms with Gasteiger partial charge >= 0.3 is 0 Å². The SMILES string of the molecule is CC1CC(F)(F)c2c1c(C(F)F)nn2CC(=O)NC(Cc1cc(F)cc(F)c1)c1ncccc1-c1ccc2cnn(C)c2c1. The maximum Gasteiger partial charge on any atom is 0.290 e. The lowest BCUT2D eigenvalue weighted by molar-refractivity contribution is -0.122. The van der Waals surface area contributed by atoms with Crippen LogP contribution in [0.5, 0.6) is 0 Å². The van der Waals surface area contributed by atoms with Crippen LogP contribution in [-0.4, -0.2) is 30.5 Å². The zero-order chi connectivity index (χ0) is 31.3. The number of carbonyl (C=O) groups is 1. The molecule has 1 amide bonds. The van der Waals surface area contributed by atoms with Crippen molar-refractivity contribution in [3.05, 3.63) is 101 Å². The van der Waals surface area contributed by atoms with Crippen molar-refractivity contribution in [2.75, 3.05) is 0 Å². The maximum absolute atomic E-state index is 14.9. The first-order valence-corrected chi connectivity index (χ1v) is 13.8. The van der Waals surface area contributed by atoms with Gasteiger partial charge in [-0.25, -0.2) is 17.6 Å². The van der Waals surface area contributed by atoms with Gasteiger partial charge in [-0.05, 0) is 47.7 Å². The van der Waals surface area contributed by atoms with Gasteiger partial charge in [-0.15, -0.1) is 0 Å². The zero-order valence-electron chi connectivity index (χ0n) is 23.5. The Hall–Kier alpha value is -4.68. The Bertz CT molecular complexity index is 1860. The molecular formula is C31H26F6N6O. The van der Waals surface area contributed by atoms with Gasteiger partial charge in [-0.2, -0.15) is 19.0 Å². The second-order valence-electron chi connectivity index (χ2n) is 11.0. The fraction of sp³-hybridized carbons (Fsp3) is 0.290. The molecule has 0 fully saturated rings. The Morgan fingerprint density at radius 2 is 1.84 bits per heavy atom. The van der Waals surface area contributed by atoms with Crippen LogP contribution in [0, 0.1) is 11.6 Å².